The standard InChI is InChI=1S/C10H18N4/c1-8(2)7-9-3-4-10(14-13-9)12-6-5-11/h3-4,8H,5-7,11H2,1-2H3,(H,12,14). The summed E-state index contributed by atoms with van der Waals surface area (Å²) < 4.78 is 0. The van der Waals surface area contributed by atoms with Crippen LogP contribution in [0.2, 0.25) is 0 Å². The Labute approximate surface area is 84.9 Å². The zero-order chi connectivity index (χ0) is 10.4. The van der Waals surface area contributed by atoms with Gasteiger partial charge >= 0.3 is 0 Å². The van der Waals surface area contributed by atoms with Gasteiger partial charge in [0.05, 0.1) is 5.69 Å². The van der Waals surface area contributed by atoms with Gasteiger partial charge in [0.25, 0.3) is 0 Å². The van der Waals surface area contributed by atoms with Crippen molar-refractivity contribution >= 4 is 5.82 Å². The number of hydrogen-bond acceptors (Lipinski definition) is 4. The summed E-state index contributed by atoms with van der Waals surface area (Å²) in [4.78, 5) is 0. The molecule has 0 fully saturated rings. The van der Waals surface area contributed by atoms with Crippen molar-refractivity contribution in [2.45, 2.75) is 20.3 Å². The Morgan fingerprint density at radius 1 is 1.36 bits per heavy atom. The first-order chi connectivity index (χ1) is 6.72. The Bertz CT molecular complexity index is 255. The summed E-state index contributed by atoms with van der Waals surface area (Å²) in [6.07, 6.45) is 0.976. The third-order valence-electron chi connectivity index (χ3n) is 1.79. The summed E-state index contributed by atoms with van der Waals surface area (Å²) in [7, 11) is 0. The zero-order valence-corrected chi connectivity index (χ0v) is 8.83. The molecule has 0 atom stereocenters. The lowest BCUT2D eigenvalue weighted by molar-refractivity contribution is 0.628. The molecule has 0 amide bonds. The quantitative estimate of drug-likeness (QED) is 0.735. The maximum atomic E-state index is 5.36. The highest BCUT2D eigenvalue weighted by molar-refractivity contribution is 5.32. The Balaban J connectivity index is 2.50. The number of nitrogens with two attached hydrogens (primary N) is 1. The van der Waals surface area contributed by atoms with Gasteiger partial charge in [-0.3, -0.25) is 0 Å². The second-order valence-electron chi connectivity index (χ2n) is 3.72. The minimum atomic E-state index is 0.607. The van der Waals surface area contributed by atoms with E-state index in [1.54, 1.807) is 0 Å². The van der Waals surface area contributed by atoms with E-state index in [2.05, 4.69) is 29.4 Å². The first-order valence-electron chi connectivity index (χ1n) is 4.99. The predicted molar refractivity (Wildman–Crippen MR) is 58.1 cm³/mol. The van der Waals surface area contributed by atoms with Gasteiger partial charge in [-0.2, -0.15) is 5.10 Å². The van der Waals surface area contributed by atoms with Gasteiger partial charge in [0, 0.05) is 13.1 Å². The topological polar surface area (TPSA) is 63.8 Å². The highest BCUT2D eigenvalue weighted by Gasteiger charge is 2.00. The van der Waals surface area contributed by atoms with Gasteiger partial charge in [0.2, 0.25) is 0 Å². The summed E-state index contributed by atoms with van der Waals surface area (Å²) in [6, 6.07) is 3.95. The molecule has 0 saturated carbocycles. The smallest absolute Gasteiger partial charge is 0.148 e. The lowest BCUT2D eigenvalue weighted by atomic mass is 10.1. The molecule has 1 aromatic heterocycles. The summed E-state index contributed by atoms with van der Waals surface area (Å²) in [5, 5.41) is 11.2. The highest BCUT2D eigenvalue weighted by Crippen LogP contribution is 2.06. The molecule has 0 radical (unpaired) electrons. The lowest BCUT2D eigenvalue weighted by Gasteiger charge is -2.05. The van der Waals surface area contributed by atoms with Gasteiger partial charge in [0.15, 0.2) is 0 Å². The molecule has 0 unspecified atom stereocenters. The summed E-state index contributed by atoms with van der Waals surface area (Å²) >= 11 is 0. The van der Waals surface area contributed by atoms with Gasteiger partial charge < -0.3 is 11.1 Å². The van der Waals surface area contributed by atoms with Crippen LogP contribution in [0.3, 0.4) is 0 Å². The molecular weight excluding hydrogens is 176 g/mol. The van der Waals surface area contributed by atoms with Gasteiger partial charge in [-0.1, -0.05) is 13.8 Å². The van der Waals surface area contributed by atoms with E-state index in [9.17, 15) is 0 Å². The van der Waals surface area contributed by atoms with Crippen LogP contribution >= 0.6 is 0 Å². The molecule has 0 aliphatic carbocycles. The molecule has 0 aromatic carbocycles. The Hall–Kier alpha value is -1.16. The van der Waals surface area contributed by atoms with Crippen molar-refractivity contribution in [3.8, 4) is 0 Å². The zero-order valence-electron chi connectivity index (χ0n) is 8.83. The highest BCUT2D eigenvalue weighted by atomic mass is 15.2. The monoisotopic (exact) mass is 194 g/mol. The molecule has 4 nitrogen and oxygen atoms in total. The SMILES string of the molecule is CC(C)Cc1ccc(NCCN)nn1. The first kappa shape index (κ1) is 10.9. The van der Waals surface area contributed by atoms with Crippen LogP contribution in [0.4, 0.5) is 5.82 Å². The number of hydrogen-bond donors (Lipinski definition) is 2. The van der Waals surface area contributed by atoms with E-state index in [-0.39, 0.29) is 0 Å². The maximum absolute atomic E-state index is 5.36. The van der Waals surface area contributed by atoms with E-state index in [0.717, 1.165) is 24.5 Å². The number of anilines is 1. The maximum Gasteiger partial charge on any atom is 0.148 e. The third kappa shape index (κ3) is 3.70. The molecule has 1 heterocycles. The fourth-order valence-corrected chi connectivity index (χ4v) is 1.18. The number of rotatable bonds is 5. The van der Waals surface area contributed by atoms with Gasteiger partial charge in [-0.05, 0) is 24.5 Å². The second-order valence-corrected chi connectivity index (χ2v) is 3.72. The van der Waals surface area contributed by atoms with Crippen LogP contribution < -0.4 is 11.1 Å². The van der Waals surface area contributed by atoms with Crippen molar-refractivity contribution in [2.75, 3.05) is 18.4 Å². The fraction of sp³-hybridized carbons (Fsp3) is 0.600. The molecule has 14 heavy (non-hydrogen) atoms. The average molecular weight is 194 g/mol. The van der Waals surface area contributed by atoms with Crippen LogP contribution in [-0.4, -0.2) is 23.3 Å². The largest absolute Gasteiger partial charge is 0.367 e. The lowest BCUT2D eigenvalue weighted by Crippen LogP contribution is -2.14. The molecule has 1 rings (SSSR count). The van der Waals surface area contributed by atoms with E-state index in [1.807, 2.05) is 12.1 Å². The van der Waals surface area contributed by atoms with Crippen molar-refractivity contribution in [3.05, 3.63) is 17.8 Å². The number of nitrogens with one attached hydrogen (secondary N) is 1. The van der Waals surface area contributed by atoms with E-state index >= 15 is 0 Å². The van der Waals surface area contributed by atoms with Crippen molar-refractivity contribution in [1.29, 1.82) is 0 Å². The Morgan fingerprint density at radius 2 is 2.14 bits per heavy atom. The number of nitrogens with zero attached hydrogens (tertiary/aromatic N) is 2. The van der Waals surface area contributed by atoms with Crippen LogP contribution in [0.1, 0.15) is 19.5 Å². The molecule has 4 heteroatoms. The van der Waals surface area contributed by atoms with Crippen molar-refractivity contribution < 1.29 is 0 Å². The molecule has 1 aromatic rings. The van der Waals surface area contributed by atoms with Crippen molar-refractivity contribution in [1.82, 2.24) is 10.2 Å². The molecule has 78 valence electrons. The first-order valence-corrected chi connectivity index (χ1v) is 4.99. The third-order valence-corrected chi connectivity index (χ3v) is 1.79. The van der Waals surface area contributed by atoms with Crippen molar-refractivity contribution in [2.24, 2.45) is 11.7 Å². The predicted octanol–water partition coefficient (Wildman–Crippen LogP) is 1.05. The molecule has 3 N–H and O–H groups in total. The summed E-state index contributed by atoms with van der Waals surface area (Å²) in [5.41, 5.74) is 6.40. The second kappa shape index (κ2) is 5.54. The summed E-state index contributed by atoms with van der Waals surface area (Å²) in [5.74, 6) is 1.41. The van der Waals surface area contributed by atoms with Crippen LogP contribution in [0.15, 0.2) is 12.1 Å². The van der Waals surface area contributed by atoms with Crippen LogP contribution in [-0.2, 0) is 6.42 Å². The molecule has 0 aliphatic heterocycles. The molecule has 0 bridgehead atoms. The van der Waals surface area contributed by atoms with E-state index in [0.29, 0.717) is 12.5 Å². The Morgan fingerprint density at radius 3 is 2.64 bits per heavy atom. The fourth-order valence-electron chi connectivity index (χ4n) is 1.18. The number of aromatic nitrogens is 2. The average Bonchev–Trinajstić information content (AvgIpc) is 2.16. The molecule has 0 spiro atoms. The van der Waals surface area contributed by atoms with Crippen LogP contribution in [0.25, 0.3) is 0 Å². The van der Waals surface area contributed by atoms with E-state index in [1.165, 1.54) is 0 Å². The minimum absolute atomic E-state index is 0.607. The molecule has 0 aliphatic rings. The Kier molecular flexibility index (Phi) is 4.32. The summed E-state index contributed by atoms with van der Waals surface area (Å²) in [6.45, 7) is 5.68. The minimum Gasteiger partial charge on any atom is -0.367 e. The van der Waals surface area contributed by atoms with Crippen molar-refractivity contribution in [3.63, 3.8) is 0 Å². The van der Waals surface area contributed by atoms with Crippen LogP contribution in [0, 0.1) is 5.92 Å². The van der Waals surface area contributed by atoms with Gasteiger partial charge in [0.1, 0.15) is 5.82 Å². The van der Waals surface area contributed by atoms with Gasteiger partial charge in [-0.25, -0.2) is 0 Å². The van der Waals surface area contributed by atoms with E-state index in [4.69, 9.17) is 5.73 Å². The molecular formula is C10H18N4. The normalized spacial score (nSPS) is 10.6. The van der Waals surface area contributed by atoms with Gasteiger partial charge in [-0.15, -0.1) is 5.10 Å². The molecule has 0 saturated heterocycles. The van der Waals surface area contributed by atoms with E-state index < -0.39 is 0 Å². The van der Waals surface area contributed by atoms with Crippen LogP contribution in [0.5, 0.6) is 0 Å².